The second-order valence-electron chi connectivity index (χ2n) is 4.15. The fourth-order valence-corrected chi connectivity index (χ4v) is 1.63. The van der Waals surface area contributed by atoms with Crippen LogP contribution >= 0.6 is 0 Å². The lowest BCUT2D eigenvalue weighted by molar-refractivity contribution is 0.110. The number of aldehydes is 1. The molecule has 1 aromatic heterocycles. The Morgan fingerprint density at radius 3 is 2.72 bits per heavy atom. The van der Waals surface area contributed by atoms with Gasteiger partial charge < -0.3 is 9.15 Å². The van der Waals surface area contributed by atoms with Crippen LogP contribution in [0.4, 0.5) is 0 Å². The Labute approximate surface area is 106 Å². The van der Waals surface area contributed by atoms with E-state index in [0.29, 0.717) is 17.8 Å². The van der Waals surface area contributed by atoms with Gasteiger partial charge >= 0.3 is 0 Å². The fraction of sp³-hybridized carbons (Fsp3) is 0.267. The number of benzene rings is 1. The van der Waals surface area contributed by atoms with E-state index in [4.69, 9.17) is 9.15 Å². The van der Waals surface area contributed by atoms with E-state index in [-0.39, 0.29) is 6.10 Å². The lowest BCUT2D eigenvalue weighted by atomic mass is 10.1. The second kappa shape index (κ2) is 5.54. The van der Waals surface area contributed by atoms with Gasteiger partial charge in [-0.25, -0.2) is 0 Å². The van der Waals surface area contributed by atoms with Gasteiger partial charge in [0.2, 0.25) is 0 Å². The van der Waals surface area contributed by atoms with Gasteiger partial charge in [-0.15, -0.1) is 0 Å². The molecule has 0 N–H and O–H groups in total. The first-order chi connectivity index (χ1) is 8.74. The Morgan fingerprint density at radius 2 is 2.06 bits per heavy atom. The summed E-state index contributed by atoms with van der Waals surface area (Å²) in [6.45, 7) is 4.10. The molecule has 0 saturated heterocycles. The quantitative estimate of drug-likeness (QED) is 0.748. The van der Waals surface area contributed by atoms with Crippen molar-refractivity contribution in [2.75, 3.05) is 0 Å². The monoisotopic (exact) mass is 244 g/mol. The van der Waals surface area contributed by atoms with Crippen LogP contribution in [-0.2, 0) is 0 Å². The zero-order valence-corrected chi connectivity index (χ0v) is 10.6. The average molecular weight is 244 g/mol. The van der Waals surface area contributed by atoms with Crippen molar-refractivity contribution in [2.45, 2.75) is 26.4 Å². The summed E-state index contributed by atoms with van der Waals surface area (Å²) in [5.74, 6) is 1.75. The van der Waals surface area contributed by atoms with Crippen molar-refractivity contribution < 1.29 is 13.9 Å². The molecule has 18 heavy (non-hydrogen) atoms. The van der Waals surface area contributed by atoms with Crippen LogP contribution in [0.3, 0.4) is 0 Å². The number of furan rings is 1. The fourth-order valence-electron chi connectivity index (χ4n) is 1.63. The third kappa shape index (κ3) is 2.62. The van der Waals surface area contributed by atoms with E-state index >= 15 is 0 Å². The number of hydrogen-bond acceptors (Lipinski definition) is 3. The molecule has 1 unspecified atom stereocenters. The van der Waals surface area contributed by atoms with Crippen LogP contribution in [0.5, 0.6) is 5.75 Å². The van der Waals surface area contributed by atoms with E-state index in [9.17, 15) is 4.79 Å². The highest BCUT2D eigenvalue weighted by atomic mass is 16.5. The molecule has 1 atom stereocenters. The van der Waals surface area contributed by atoms with E-state index in [2.05, 4.69) is 6.92 Å². The second-order valence-corrected chi connectivity index (χ2v) is 4.15. The van der Waals surface area contributed by atoms with Crippen molar-refractivity contribution in [3.8, 4) is 17.1 Å². The van der Waals surface area contributed by atoms with E-state index in [0.717, 1.165) is 17.7 Å². The molecule has 2 rings (SSSR count). The maximum atomic E-state index is 10.6. The summed E-state index contributed by atoms with van der Waals surface area (Å²) in [6, 6.07) is 11.1. The number of hydrogen-bond donors (Lipinski definition) is 0. The maximum absolute atomic E-state index is 10.6. The molecule has 1 aromatic carbocycles. The largest absolute Gasteiger partial charge is 0.490 e. The van der Waals surface area contributed by atoms with Crippen molar-refractivity contribution in [1.82, 2.24) is 0 Å². The molecule has 0 fully saturated rings. The number of carbonyl (C=O) groups is 1. The molecule has 0 aliphatic heterocycles. The van der Waals surface area contributed by atoms with Crippen molar-refractivity contribution in [3.05, 3.63) is 42.2 Å². The zero-order valence-electron chi connectivity index (χ0n) is 10.6. The van der Waals surface area contributed by atoms with Gasteiger partial charge in [0.25, 0.3) is 0 Å². The molecule has 0 bridgehead atoms. The molecule has 1 heterocycles. The molecular weight excluding hydrogens is 228 g/mol. The Bertz CT molecular complexity index is 528. The summed E-state index contributed by atoms with van der Waals surface area (Å²) in [7, 11) is 0. The van der Waals surface area contributed by atoms with Crippen LogP contribution in [0.2, 0.25) is 0 Å². The Hall–Kier alpha value is -2.03. The Morgan fingerprint density at radius 1 is 1.28 bits per heavy atom. The third-order valence-electron chi connectivity index (χ3n) is 2.80. The average Bonchev–Trinajstić information content (AvgIpc) is 2.88. The van der Waals surface area contributed by atoms with E-state index in [1.165, 1.54) is 0 Å². The molecule has 0 aliphatic rings. The smallest absolute Gasteiger partial charge is 0.185 e. The SMILES string of the molecule is CCC(C)Oc1ccccc1-c1ccc(C=O)o1. The highest BCUT2D eigenvalue weighted by molar-refractivity contribution is 5.74. The predicted octanol–water partition coefficient (Wildman–Crippen LogP) is 3.94. The first-order valence-corrected chi connectivity index (χ1v) is 6.05. The van der Waals surface area contributed by atoms with Gasteiger partial charge in [-0.1, -0.05) is 19.1 Å². The van der Waals surface area contributed by atoms with Gasteiger partial charge in [0.1, 0.15) is 11.5 Å². The van der Waals surface area contributed by atoms with Crippen molar-refractivity contribution >= 4 is 6.29 Å². The first kappa shape index (κ1) is 12.4. The van der Waals surface area contributed by atoms with Crippen LogP contribution in [0.25, 0.3) is 11.3 Å². The highest BCUT2D eigenvalue weighted by Crippen LogP contribution is 2.31. The van der Waals surface area contributed by atoms with Gasteiger partial charge in [-0.3, -0.25) is 4.79 Å². The van der Waals surface area contributed by atoms with Crippen LogP contribution in [0, 0.1) is 0 Å². The molecule has 94 valence electrons. The normalized spacial score (nSPS) is 12.1. The molecule has 3 heteroatoms. The highest BCUT2D eigenvalue weighted by Gasteiger charge is 2.11. The van der Waals surface area contributed by atoms with Crippen LogP contribution in [-0.4, -0.2) is 12.4 Å². The standard InChI is InChI=1S/C15H16O3/c1-3-11(2)17-14-7-5-4-6-13(14)15-9-8-12(10-16)18-15/h4-11H,3H2,1-2H3. The molecule has 0 saturated carbocycles. The summed E-state index contributed by atoms with van der Waals surface area (Å²) < 4.78 is 11.3. The van der Waals surface area contributed by atoms with Crippen LogP contribution in [0.15, 0.2) is 40.8 Å². The number of carbonyl (C=O) groups excluding carboxylic acids is 1. The van der Waals surface area contributed by atoms with Gasteiger partial charge in [0, 0.05) is 0 Å². The van der Waals surface area contributed by atoms with E-state index < -0.39 is 0 Å². The van der Waals surface area contributed by atoms with E-state index in [1.54, 1.807) is 12.1 Å². The van der Waals surface area contributed by atoms with Gasteiger partial charge in [0.15, 0.2) is 12.0 Å². The predicted molar refractivity (Wildman–Crippen MR) is 69.9 cm³/mol. The molecule has 0 aliphatic carbocycles. The van der Waals surface area contributed by atoms with Crippen molar-refractivity contribution in [3.63, 3.8) is 0 Å². The van der Waals surface area contributed by atoms with Crippen LogP contribution in [0.1, 0.15) is 30.8 Å². The minimum absolute atomic E-state index is 0.145. The molecule has 0 spiro atoms. The minimum atomic E-state index is 0.145. The number of ether oxygens (including phenoxy) is 1. The van der Waals surface area contributed by atoms with Crippen molar-refractivity contribution in [2.24, 2.45) is 0 Å². The zero-order chi connectivity index (χ0) is 13.0. The molecule has 0 radical (unpaired) electrons. The van der Waals surface area contributed by atoms with E-state index in [1.807, 2.05) is 31.2 Å². The number of para-hydroxylation sites is 1. The lowest BCUT2D eigenvalue weighted by Crippen LogP contribution is -2.10. The Balaban J connectivity index is 2.34. The molecular formula is C15H16O3. The Kier molecular flexibility index (Phi) is 3.82. The van der Waals surface area contributed by atoms with Crippen molar-refractivity contribution in [1.29, 1.82) is 0 Å². The molecule has 3 nitrogen and oxygen atoms in total. The first-order valence-electron chi connectivity index (χ1n) is 6.05. The summed E-state index contributed by atoms with van der Waals surface area (Å²) in [6.07, 6.45) is 1.78. The summed E-state index contributed by atoms with van der Waals surface area (Å²) in [4.78, 5) is 10.6. The lowest BCUT2D eigenvalue weighted by Gasteiger charge is -2.15. The number of rotatable bonds is 5. The molecule has 2 aromatic rings. The summed E-state index contributed by atoms with van der Waals surface area (Å²) in [5.41, 5.74) is 0.867. The van der Waals surface area contributed by atoms with Crippen LogP contribution < -0.4 is 4.74 Å². The summed E-state index contributed by atoms with van der Waals surface area (Å²) >= 11 is 0. The third-order valence-corrected chi connectivity index (χ3v) is 2.80. The van der Waals surface area contributed by atoms with Gasteiger partial charge in [-0.05, 0) is 37.6 Å². The topological polar surface area (TPSA) is 39.4 Å². The minimum Gasteiger partial charge on any atom is -0.490 e. The van der Waals surface area contributed by atoms with Gasteiger partial charge in [-0.2, -0.15) is 0 Å². The van der Waals surface area contributed by atoms with Gasteiger partial charge in [0.05, 0.1) is 11.7 Å². The molecule has 0 amide bonds. The maximum Gasteiger partial charge on any atom is 0.185 e. The summed E-state index contributed by atoms with van der Waals surface area (Å²) in [5, 5.41) is 0.